The zero-order chi connectivity index (χ0) is 18.0. The predicted octanol–water partition coefficient (Wildman–Crippen LogP) is 3.60. The molecule has 5 nitrogen and oxygen atoms in total. The van der Waals surface area contributed by atoms with Gasteiger partial charge in [-0.1, -0.05) is 25.1 Å². The van der Waals surface area contributed by atoms with Crippen LogP contribution >= 0.6 is 0 Å². The zero-order valence-electron chi connectivity index (χ0n) is 15.5. The van der Waals surface area contributed by atoms with Gasteiger partial charge in [-0.05, 0) is 51.7 Å². The molecule has 2 heterocycles. The van der Waals surface area contributed by atoms with Gasteiger partial charge in [0.15, 0.2) is 5.60 Å². The van der Waals surface area contributed by atoms with Crippen LogP contribution in [0.2, 0.25) is 0 Å². The van der Waals surface area contributed by atoms with Gasteiger partial charge >= 0.3 is 0 Å². The average Bonchev–Trinajstić information content (AvgIpc) is 2.96. The molecule has 1 aliphatic heterocycles. The van der Waals surface area contributed by atoms with Crippen molar-refractivity contribution in [1.29, 1.82) is 0 Å². The molecular weight excluding hydrogens is 314 g/mol. The van der Waals surface area contributed by atoms with E-state index in [-0.39, 0.29) is 5.91 Å². The van der Waals surface area contributed by atoms with Crippen molar-refractivity contribution in [2.24, 2.45) is 5.92 Å². The summed E-state index contributed by atoms with van der Waals surface area (Å²) in [6.45, 7) is 9.46. The van der Waals surface area contributed by atoms with E-state index in [1.165, 1.54) is 0 Å². The standard InChI is InChI=1S/C20H27N3O2/c1-15-10-12-22(13-11-15)19(24)20(3,4)25-18-16(2)14-23(21-18)17-8-6-5-7-9-17/h5-9,14-15H,10-13H2,1-4H3. The molecule has 1 aliphatic rings. The number of rotatable bonds is 4. The van der Waals surface area contributed by atoms with E-state index in [9.17, 15) is 4.79 Å². The molecule has 1 amide bonds. The number of nitrogens with zero attached hydrogens (tertiary/aromatic N) is 3. The van der Waals surface area contributed by atoms with Crippen LogP contribution in [-0.4, -0.2) is 39.3 Å². The Balaban J connectivity index is 1.74. The Morgan fingerprint density at radius 2 is 1.84 bits per heavy atom. The van der Waals surface area contributed by atoms with Crippen molar-refractivity contribution in [2.75, 3.05) is 13.1 Å². The first-order valence-electron chi connectivity index (χ1n) is 8.97. The highest BCUT2D eigenvalue weighted by atomic mass is 16.5. The van der Waals surface area contributed by atoms with E-state index in [4.69, 9.17) is 4.74 Å². The SMILES string of the molecule is Cc1cn(-c2ccccc2)nc1OC(C)(C)C(=O)N1CCC(C)CC1. The summed E-state index contributed by atoms with van der Waals surface area (Å²) in [5.74, 6) is 1.23. The van der Waals surface area contributed by atoms with Crippen molar-refractivity contribution in [3.05, 3.63) is 42.1 Å². The second kappa shape index (κ2) is 6.90. The van der Waals surface area contributed by atoms with Crippen LogP contribution in [0.1, 0.15) is 39.2 Å². The number of piperidine rings is 1. The first kappa shape index (κ1) is 17.5. The van der Waals surface area contributed by atoms with Gasteiger partial charge in [0.2, 0.25) is 5.88 Å². The number of benzene rings is 1. The maximum absolute atomic E-state index is 12.9. The molecule has 5 heteroatoms. The minimum atomic E-state index is -0.929. The molecule has 0 N–H and O–H groups in total. The molecular formula is C20H27N3O2. The highest BCUT2D eigenvalue weighted by Crippen LogP contribution is 2.25. The number of amides is 1. The number of para-hydroxylation sites is 1. The minimum Gasteiger partial charge on any atom is -0.460 e. The summed E-state index contributed by atoms with van der Waals surface area (Å²) in [5, 5.41) is 4.53. The average molecular weight is 341 g/mol. The van der Waals surface area contributed by atoms with Crippen LogP contribution in [0.5, 0.6) is 5.88 Å². The smallest absolute Gasteiger partial charge is 0.266 e. The van der Waals surface area contributed by atoms with Gasteiger partial charge in [-0.15, -0.1) is 5.10 Å². The van der Waals surface area contributed by atoms with Crippen LogP contribution in [0, 0.1) is 12.8 Å². The minimum absolute atomic E-state index is 0.0352. The van der Waals surface area contributed by atoms with Crippen LogP contribution in [-0.2, 0) is 4.79 Å². The van der Waals surface area contributed by atoms with Gasteiger partial charge in [0.05, 0.1) is 5.69 Å². The van der Waals surface area contributed by atoms with E-state index < -0.39 is 5.60 Å². The number of carbonyl (C=O) groups excluding carboxylic acids is 1. The number of hydrogen-bond acceptors (Lipinski definition) is 3. The molecule has 0 spiro atoms. The van der Waals surface area contributed by atoms with E-state index in [0.717, 1.165) is 37.2 Å². The highest BCUT2D eigenvalue weighted by molar-refractivity contribution is 5.84. The number of ether oxygens (including phenoxy) is 1. The molecule has 2 aromatic rings. The summed E-state index contributed by atoms with van der Waals surface area (Å²) in [5.41, 5.74) is 0.952. The topological polar surface area (TPSA) is 47.4 Å². The lowest BCUT2D eigenvalue weighted by Crippen LogP contribution is -2.51. The van der Waals surface area contributed by atoms with Crippen molar-refractivity contribution < 1.29 is 9.53 Å². The molecule has 25 heavy (non-hydrogen) atoms. The van der Waals surface area contributed by atoms with Gasteiger partial charge in [-0.3, -0.25) is 4.79 Å². The van der Waals surface area contributed by atoms with Crippen LogP contribution in [0.15, 0.2) is 36.5 Å². The van der Waals surface area contributed by atoms with E-state index in [1.54, 1.807) is 4.68 Å². The van der Waals surface area contributed by atoms with Gasteiger partial charge in [-0.25, -0.2) is 4.68 Å². The third kappa shape index (κ3) is 3.86. The Hall–Kier alpha value is -2.30. The number of hydrogen-bond donors (Lipinski definition) is 0. The molecule has 1 aromatic heterocycles. The maximum Gasteiger partial charge on any atom is 0.266 e. The van der Waals surface area contributed by atoms with Gasteiger partial charge in [0, 0.05) is 24.8 Å². The van der Waals surface area contributed by atoms with Crippen molar-refractivity contribution >= 4 is 5.91 Å². The molecule has 0 saturated carbocycles. The first-order chi connectivity index (χ1) is 11.9. The van der Waals surface area contributed by atoms with E-state index in [2.05, 4.69) is 12.0 Å². The van der Waals surface area contributed by atoms with Gasteiger partial charge in [0.1, 0.15) is 0 Å². The second-order valence-corrected chi connectivity index (χ2v) is 7.48. The van der Waals surface area contributed by atoms with E-state index in [0.29, 0.717) is 11.8 Å². The summed E-state index contributed by atoms with van der Waals surface area (Å²) >= 11 is 0. The van der Waals surface area contributed by atoms with E-state index in [1.807, 2.05) is 62.2 Å². The Morgan fingerprint density at radius 3 is 2.48 bits per heavy atom. The lowest BCUT2D eigenvalue weighted by atomic mass is 9.97. The maximum atomic E-state index is 12.9. The van der Waals surface area contributed by atoms with Crippen molar-refractivity contribution in [2.45, 2.75) is 46.1 Å². The molecule has 1 aromatic carbocycles. The van der Waals surface area contributed by atoms with Crippen molar-refractivity contribution in [1.82, 2.24) is 14.7 Å². The first-order valence-corrected chi connectivity index (χ1v) is 8.97. The summed E-state index contributed by atoms with van der Waals surface area (Å²) in [6.07, 6.45) is 4.04. The lowest BCUT2D eigenvalue weighted by Gasteiger charge is -2.35. The molecule has 3 rings (SSSR count). The summed E-state index contributed by atoms with van der Waals surface area (Å²) in [4.78, 5) is 14.8. The molecule has 1 fully saturated rings. The lowest BCUT2D eigenvalue weighted by molar-refractivity contribution is -0.147. The van der Waals surface area contributed by atoms with Crippen LogP contribution in [0.3, 0.4) is 0 Å². The fraction of sp³-hybridized carbons (Fsp3) is 0.500. The monoisotopic (exact) mass is 341 g/mol. The Kier molecular flexibility index (Phi) is 4.84. The van der Waals surface area contributed by atoms with E-state index >= 15 is 0 Å². The van der Waals surface area contributed by atoms with Gasteiger partial charge in [0.25, 0.3) is 5.91 Å². The Bertz CT molecular complexity index is 729. The molecule has 1 saturated heterocycles. The van der Waals surface area contributed by atoms with Crippen LogP contribution in [0.25, 0.3) is 5.69 Å². The molecule has 0 aliphatic carbocycles. The molecule has 0 atom stereocenters. The number of aromatic nitrogens is 2. The highest BCUT2D eigenvalue weighted by Gasteiger charge is 2.36. The largest absolute Gasteiger partial charge is 0.460 e. The molecule has 0 bridgehead atoms. The number of carbonyl (C=O) groups is 1. The number of likely N-dealkylation sites (tertiary alicyclic amines) is 1. The summed E-state index contributed by atoms with van der Waals surface area (Å²) < 4.78 is 7.84. The Morgan fingerprint density at radius 1 is 1.20 bits per heavy atom. The molecule has 0 radical (unpaired) electrons. The third-order valence-corrected chi connectivity index (χ3v) is 4.81. The third-order valence-electron chi connectivity index (χ3n) is 4.81. The quantitative estimate of drug-likeness (QED) is 0.854. The Labute approximate surface area is 149 Å². The zero-order valence-corrected chi connectivity index (χ0v) is 15.5. The fourth-order valence-corrected chi connectivity index (χ4v) is 3.14. The fourth-order valence-electron chi connectivity index (χ4n) is 3.14. The predicted molar refractivity (Wildman–Crippen MR) is 98.0 cm³/mol. The summed E-state index contributed by atoms with van der Waals surface area (Å²) in [6, 6.07) is 9.89. The molecule has 134 valence electrons. The van der Waals surface area contributed by atoms with Gasteiger partial charge in [-0.2, -0.15) is 0 Å². The second-order valence-electron chi connectivity index (χ2n) is 7.48. The normalized spacial score (nSPS) is 16.1. The number of aryl methyl sites for hydroxylation is 1. The summed E-state index contributed by atoms with van der Waals surface area (Å²) in [7, 11) is 0. The van der Waals surface area contributed by atoms with Crippen molar-refractivity contribution in [3.63, 3.8) is 0 Å². The van der Waals surface area contributed by atoms with Crippen LogP contribution in [0.4, 0.5) is 0 Å². The van der Waals surface area contributed by atoms with Gasteiger partial charge < -0.3 is 9.64 Å². The molecule has 0 unspecified atom stereocenters. The van der Waals surface area contributed by atoms with Crippen LogP contribution < -0.4 is 4.74 Å². The van der Waals surface area contributed by atoms with Crippen molar-refractivity contribution in [3.8, 4) is 11.6 Å².